The van der Waals surface area contributed by atoms with Crippen LogP contribution in [-0.2, 0) is 19.1 Å². The lowest BCUT2D eigenvalue weighted by Gasteiger charge is -2.18. The van der Waals surface area contributed by atoms with Gasteiger partial charge in [-0.05, 0) is 44.7 Å². The Bertz CT molecular complexity index is 713. The van der Waals surface area contributed by atoms with E-state index in [-0.39, 0.29) is 28.9 Å². The molecule has 1 spiro atoms. The van der Waals surface area contributed by atoms with Gasteiger partial charge in [-0.1, -0.05) is 29.8 Å². The first-order valence-corrected chi connectivity index (χ1v) is 9.24. The van der Waals surface area contributed by atoms with Gasteiger partial charge in [0.1, 0.15) is 0 Å². The normalized spacial score (nSPS) is 22.7. The largest absolute Gasteiger partial charge is 0.353 e. The van der Waals surface area contributed by atoms with E-state index in [4.69, 9.17) is 4.18 Å². The summed E-state index contributed by atoms with van der Waals surface area (Å²) >= 11 is 0. The number of allylic oxidation sites excluding steroid dienone is 2. The quantitative estimate of drug-likeness (QED) is 0.662. The minimum absolute atomic E-state index is 0.0179. The lowest BCUT2D eigenvalue weighted by Crippen LogP contribution is -2.30. The fourth-order valence-corrected chi connectivity index (χ4v) is 4.18. The van der Waals surface area contributed by atoms with E-state index in [2.05, 4.69) is 5.32 Å². The minimum Gasteiger partial charge on any atom is -0.353 e. The zero-order valence-electron chi connectivity index (χ0n) is 13.1. The Morgan fingerprint density at radius 2 is 1.87 bits per heavy atom. The van der Waals surface area contributed by atoms with Gasteiger partial charge in [0.2, 0.25) is 5.91 Å². The van der Waals surface area contributed by atoms with E-state index in [9.17, 15) is 13.2 Å². The van der Waals surface area contributed by atoms with Crippen LogP contribution in [0.3, 0.4) is 0 Å². The highest BCUT2D eigenvalue weighted by Gasteiger charge is 2.46. The second-order valence-electron chi connectivity index (χ2n) is 6.41. The third kappa shape index (κ3) is 3.33. The van der Waals surface area contributed by atoms with Crippen LogP contribution in [0.2, 0.25) is 0 Å². The van der Waals surface area contributed by atoms with Crippen LogP contribution in [0.1, 0.15) is 31.2 Å². The van der Waals surface area contributed by atoms with Crippen molar-refractivity contribution < 1.29 is 17.4 Å². The topological polar surface area (TPSA) is 72.5 Å². The maximum absolute atomic E-state index is 12.1. The summed E-state index contributed by atoms with van der Waals surface area (Å²) in [6, 6.07) is 6.55. The smallest absolute Gasteiger partial charge is 0.296 e. The number of rotatable bonds is 5. The first-order chi connectivity index (χ1) is 10.9. The Balaban J connectivity index is 1.54. The molecule has 124 valence electrons. The van der Waals surface area contributed by atoms with E-state index in [0.29, 0.717) is 6.42 Å². The standard InChI is InChI=1S/C17H21NO4S/c1-13-4-6-15(7-5-13)23(20,21)22-11-8-14-12-17(16(19)18-14)9-2-3-10-17/h2-7,14H,8-12H2,1H3,(H,18,19). The van der Waals surface area contributed by atoms with Crippen LogP contribution in [0.5, 0.6) is 0 Å². The average molecular weight is 335 g/mol. The van der Waals surface area contributed by atoms with Crippen LogP contribution in [0.4, 0.5) is 0 Å². The van der Waals surface area contributed by atoms with Gasteiger partial charge >= 0.3 is 0 Å². The van der Waals surface area contributed by atoms with E-state index in [0.717, 1.165) is 24.8 Å². The van der Waals surface area contributed by atoms with Crippen LogP contribution in [0.15, 0.2) is 41.3 Å². The van der Waals surface area contributed by atoms with E-state index in [1.54, 1.807) is 24.3 Å². The molecule has 0 bridgehead atoms. The molecule has 1 N–H and O–H groups in total. The molecular formula is C17H21NO4S. The molecule has 3 rings (SSSR count). The molecule has 1 atom stereocenters. The zero-order chi connectivity index (χ0) is 16.5. The van der Waals surface area contributed by atoms with Gasteiger partial charge in [0.15, 0.2) is 0 Å². The number of nitrogens with one attached hydrogen (secondary N) is 1. The molecule has 0 saturated carbocycles. The van der Waals surface area contributed by atoms with Crippen molar-refractivity contribution >= 4 is 16.0 Å². The first-order valence-electron chi connectivity index (χ1n) is 7.83. The van der Waals surface area contributed by atoms with Crippen LogP contribution in [-0.4, -0.2) is 27.0 Å². The maximum atomic E-state index is 12.1. The summed E-state index contributed by atoms with van der Waals surface area (Å²) in [5, 5.41) is 2.97. The monoisotopic (exact) mass is 335 g/mol. The molecule has 0 radical (unpaired) electrons. The predicted molar refractivity (Wildman–Crippen MR) is 86.3 cm³/mol. The molecule has 1 unspecified atom stereocenters. The molecule has 6 heteroatoms. The number of aryl methyl sites for hydroxylation is 1. The fraction of sp³-hybridized carbons (Fsp3) is 0.471. The Morgan fingerprint density at radius 3 is 2.52 bits per heavy atom. The highest BCUT2D eigenvalue weighted by atomic mass is 32.2. The second-order valence-corrected chi connectivity index (χ2v) is 8.03. The molecular weight excluding hydrogens is 314 g/mol. The molecule has 1 fully saturated rings. The Morgan fingerprint density at radius 1 is 1.22 bits per heavy atom. The fourth-order valence-electron chi connectivity index (χ4n) is 3.25. The predicted octanol–water partition coefficient (Wildman–Crippen LogP) is 2.32. The average Bonchev–Trinajstić information content (AvgIpc) is 3.08. The van der Waals surface area contributed by atoms with Gasteiger partial charge in [-0.15, -0.1) is 0 Å². The van der Waals surface area contributed by atoms with Crippen molar-refractivity contribution in [1.82, 2.24) is 5.32 Å². The molecule has 1 heterocycles. The number of hydrogen-bond acceptors (Lipinski definition) is 4. The van der Waals surface area contributed by atoms with Gasteiger partial charge in [0, 0.05) is 6.04 Å². The second kappa shape index (κ2) is 6.09. The summed E-state index contributed by atoms with van der Waals surface area (Å²) in [5.41, 5.74) is 0.689. The number of hydrogen-bond donors (Lipinski definition) is 1. The van der Waals surface area contributed by atoms with Crippen molar-refractivity contribution in [2.45, 2.75) is 43.5 Å². The molecule has 23 heavy (non-hydrogen) atoms. The third-order valence-corrected chi connectivity index (χ3v) is 5.98. The highest BCUT2D eigenvalue weighted by molar-refractivity contribution is 7.86. The van der Waals surface area contributed by atoms with Crippen LogP contribution >= 0.6 is 0 Å². The lowest BCUT2D eigenvalue weighted by atomic mass is 9.82. The third-order valence-electron chi connectivity index (χ3n) is 4.65. The van der Waals surface area contributed by atoms with Gasteiger partial charge in [0.25, 0.3) is 10.1 Å². The molecule has 5 nitrogen and oxygen atoms in total. The first kappa shape index (κ1) is 16.2. The Hall–Kier alpha value is -1.66. The molecule has 1 saturated heterocycles. The summed E-state index contributed by atoms with van der Waals surface area (Å²) in [6.45, 7) is 1.97. The minimum atomic E-state index is -3.73. The van der Waals surface area contributed by atoms with Crippen molar-refractivity contribution in [3.8, 4) is 0 Å². The number of benzene rings is 1. The molecule has 0 aromatic heterocycles. The number of amides is 1. The van der Waals surface area contributed by atoms with Gasteiger partial charge in [-0.2, -0.15) is 8.42 Å². The molecule has 1 aliphatic carbocycles. The van der Waals surface area contributed by atoms with Crippen LogP contribution in [0, 0.1) is 12.3 Å². The Labute approximate surface area is 136 Å². The SMILES string of the molecule is Cc1ccc(S(=O)(=O)OCCC2CC3(CC=CC3)C(=O)N2)cc1. The van der Waals surface area contributed by atoms with Crippen molar-refractivity contribution in [1.29, 1.82) is 0 Å². The summed E-state index contributed by atoms with van der Waals surface area (Å²) in [5.74, 6) is 0.0777. The van der Waals surface area contributed by atoms with Crippen molar-refractivity contribution in [2.24, 2.45) is 5.41 Å². The molecule has 1 aromatic carbocycles. The van der Waals surface area contributed by atoms with Crippen LogP contribution < -0.4 is 5.32 Å². The highest BCUT2D eigenvalue weighted by Crippen LogP contribution is 2.42. The molecule has 2 aliphatic rings. The summed E-state index contributed by atoms with van der Waals surface area (Å²) in [6.07, 6.45) is 6.88. The summed E-state index contributed by atoms with van der Waals surface area (Å²) in [7, 11) is -3.73. The van der Waals surface area contributed by atoms with E-state index in [1.165, 1.54) is 0 Å². The maximum Gasteiger partial charge on any atom is 0.296 e. The summed E-state index contributed by atoms with van der Waals surface area (Å²) < 4.78 is 29.3. The summed E-state index contributed by atoms with van der Waals surface area (Å²) in [4.78, 5) is 12.3. The molecule has 1 aliphatic heterocycles. The Kier molecular flexibility index (Phi) is 4.29. The lowest BCUT2D eigenvalue weighted by molar-refractivity contribution is -0.127. The van der Waals surface area contributed by atoms with E-state index >= 15 is 0 Å². The number of carbonyl (C=O) groups excluding carboxylic acids is 1. The van der Waals surface area contributed by atoms with E-state index in [1.807, 2.05) is 19.1 Å². The number of carbonyl (C=O) groups is 1. The van der Waals surface area contributed by atoms with Crippen molar-refractivity contribution in [3.05, 3.63) is 42.0 Å². The van der Waals surface area contributed by atoms with Gasteiger partial charge in [0.05, 0.1) is 16.9 Å². The van der Waals surface area contributed by atoms with Gasteiger partial charge in [-0.25, -0.2) is 0 Å². The van der Waals surface area contributed by atoms with Crippen molar-refractivity contribution in [2.75, 3.05) is 6.61 Å². The zero-order valence-corrected chi connectivity index (χ0v) is 13.9. The van der Waals surface area contributed by atoms with E-state index < -0.39 is 10.1 Å². The van der Waals surface area contributed by atoms with Gasteiger partial charge in [-0.3, -0.25) is 8.98 Å². The van der Waals surface area contributed by atoms with Crippen LogP contribution in [0.25, 0.3) is 0 Å². The molecule has 1 amide bonds. The van der Waals surface area contributed by atoms with Crippen molar-refractivity contribution in [3.63, 3.8) is 0 Å². The molecule has 1 aromatic rings. The van der Waals surface area contributed by atoms with Gasteiger partial charge < -0.3 is 5.32 Å².